The van der Waals surface area contributed by atoms with Crippen LogP contribution < -0.4 is 15.6 Å². The molecule has 0 aromatic carbocycles. The molecule has 23 heavy (non-hydrogen) atoms. The summed E-state index contributed by atoms with van der Waals surface area (Å²) < 4.78 is 42.1. The average Bonchev–Trinajstić information content (AvgIpc) is 2.50. The molecule has 0 bridgehead atoms. The summed E-state index contributed by atoms with van der Waals surface area (Å²) in [6.45, 7) is -1.07. The zero-order chi connectivity index (χ0) is 17.0. The maximum atomic E-state index is 12.0. The van der Waals surface area contributed by atoms with Crippen LogP contribution in [0, 0.1) is 0 Å². The van der Waals surface area contributed by atoms with Crippen molar-refractivity contribution in [3.8, 4) is 5.88 Å². The number of hydrogen-bond acceptors (Lipinski definition) is 5. The first kappa shape index (κ1) is 17.3. The Morgan fingerprint density at radius 1 is 1.35 bits per heavy atom. The topological polar surface area (TPSA) is 69.0 Å². The van der Waals surface area contributed by atoms with E-state index < -0.39 is 12.8 Å². The molecular weight excluding hydrogens is 381 g/mol. The molecule has 1 N–H and O–H groups in total. The monoisotopic (exact) mass is 392 g/mol. The quantitative estimate of drug-likeness (QED) is 0.846. The van der Waals surface area contributed by atoms with Gasteiger partial charge in [-0.15, -0.1) is 0 Å². The number of rotatable bonds is 5. The van der Waals surface area contributed by atoms with Crippen LogP contribution in [0.3, 0.4) is 0 Å². The fourth-order valence-corrected chi connectivity index (χ4v) is 2.09. The van der Waals surface area contributed by atoms with Gasteiger partial charge in [0.25, 0.3) is 5.56 Å². The van der Waals surface area contributed by atoms with Crippen molar-refractivity contribution < 1.29 is 17.9 Å². The standard InChI is InChI=1S/C13H12BrF3N4O2/c1-21-12(22)11(14)9(6-20-21)18-4-8-2-3-10(19-5-8)23-7-13(15,16)17/h2-3,5-6,18H,4,7H2,1H3. The maximum Gasteiger partial charge on any atom is 0.422 e. The van der Waals surface area contributed by atoms with Gasteiger partial charge in [-0.2, -0.15) is 18.3 Å². The van der Waals surface area contributed by atoms with Gasteiger partial charge in [-0.25, -0.2) is 9.67 Å². The van der Waals surface area contributed by atoms with Crippen molar-refractivity contribution in [2.75, 3.05) is 11.9 Å². The van der Waals surface area contributed by atoms with Crippen LogP contribution in [0.15, 0.2) is 33.8 Å². The molecule has 0 saturated heterocycles. The highest BCUT2D eigenvalue weighted by atomic mass is 79.9. The SMILES string of the molecule is Cn1ncc(NCc2ccc(OCC(F)(F)F)nc2)c(Br)c1=O. The lowest BCUT2D eigenvalue weighted by Crippen LogP contribution is -2.21. The molecule has 0 aliphatic heterocycles. The van der Waals surface area contributed by atoms with Crippen LogP contribution in [-0.2, 0) is 13.6 Å². The van der Waals surface area contributed by atoms with E-state index in [0.29, 0.717) is 22.3 Å². The molecule has 2 aromatic heterocycles. The number of nitrogens with zero attached hydrogens (tertiary/aromatic N) is 3. The van der Waals surface area contributed by atoms with Gasteiger partial charge >= 0.3 is 6.18 Å². The zero-order valence-corrected chi connectivity index (χ0v) is 13.5. The minimum atomic E-state index is -4.40. The summed E-state index contributed by atoms with van der Waals surface area (Å²) in [5.41, 5.74) is 0.923. The highest BCUT2D eigenvalue weighted by Gasteiger charge is 2.28. The highest BCUT2D eigenvalue weighted by molar-refractivity contribution is 9.10. The molecule has 2 rings (SSSR count). The van der Waals surface area contributed by atoms with E-state index in [-0.39, 0.29) is 11.4 Å². The maximum absolute atomic E-state index is 12.0. The minimum absolute atomic E-state index is 0.109. The Kier molecular flexibility index (Phi) is 5.24. The number of nitrogens with one attached hydrogen (secondary N) is 1. The van der Waals surface area contributed by atoms with E-state index >= 15 is 0 Å². The van der Waals surface area contributed by atoms with E-state index in [1.165, 1.54) is 30.2 Å². The highest BCUT2D eigenvalue weighted by Crippen LogP contribution is 2.19. The average molecular weight is 393 g/mol. The molecule has 0 radical (unpaired) electrons. The largest absolute Gasteiger partial charge is 0.468 e. The van der Waals surface area contributed by atoms with Crippen LogP contribution in [0.5, 0.6) is 5.88 Å². The normalized spacial score (nSPS) is 11.3. The van der Waals surface area contributed by atoms with Crippen molar-refractivity contribution in [1.29, 1.82) is 0 Å². The molecule has 0 saturated carbocycles. The summed E-state index contributed by atoms with van der Waals surface area (Å²) in [6.07, 6.45) is -1.53. The second kappa shape index (κ2) is 6.99. The first-order chi connectivity index (χ1) is 10.8. The van der Waals surface area contributed by atoms with Crippen LogP contribution in [-0.4, -0.2) is 27.5 Å². The number of ether oxygens (including phenoxy) is 1. The van der Waals surface area contributed by atoms with Crippen LogP contribution in [0.2, 0.25) is 0 Å². The molecule has 124 valence electrons. The zero-order valence-electron chi connectivity index (χ0n) is 11.9. The molecule has 0 amide bonds. The summed E-state index contributed by atoms with van der Waals surface area (Å²) in [5, 5.41) is 6.87. The Balaban J connectivity index is 1.97. The van der Waals surface area contributed by atoms with Gasteiger partial charge in [0, 0.05) is 25.9 Å². The van der Waals surface area contributed by atoms with E-state index in [1.54, 1.807) is 6.07 Å². The van der Waals surface area contributed by atoms with Crippen molar-refractivity contribution in [2.24, 2.45) is 7.05 Å². The second-order valence-electron chi connectivity index (χ2n) is 4.56. The van der Waals surface area contributed by atoms with Crippen LogP contribution >= 0.6 is 15.9 Å². The minimum Gasteiger partial charge on any atom is -0.468 e. The molecule has 6 nitrogen and oxygen atoms in total. The Hall–Kier alpha value is -2.10. The smallest absolute Gasteiger partial charge is 0.422 e. The van der Waals surface area contributed by atoms with E-state index in [4.69, 9.17) is 0 Å². The number of aryl methyl sites for hydroxylation is 1. The third-order valence-corrected chi connectivity index (χ3v) is 3.51. The Labute approximate surface area is 137 Å². The molecule has 2 heterocycles. The number of anilines is 1. The van der Waals surface area contributed by atoms with E-state index in [0.717, 1.165) is 0 Å². The third kappa shape index (κ3) is 4.95. The predicted molar refractivity (Wildman–Crippen MR) is 80.3 cm³/mol. The van der Waals surface area contributed by atoms with Gasteiger partial charge in [0.15, 0.2) is 6.61 Å². The Morgan fingerprint density at radius 2 is 2.09 bits per heavy atom. The lowest BCUT2D eigenvalue weighted by molar-refractivity contribution is -0.154. The molecule has 0 spiro atoms. The fourth-order valence-electron chi connectivity index (χ4n) is 1.59. The lowest BCUT2D eigenvalue weighted by atomic mass is 10.3. The molecule has 0 aliphatic carbocycles. The Morgan fingerprint density at radius 3 is 2.70 bits per heavy atom. The Bertz CT molecular complexity index is 731. The van der Waals surface area contributed by atoms with Gasteiger partial charge < -0.3 is 10.1 Å². The second-order valence-corrected chi connectivity index (χ2v) is 5.36. The number of hydrogen-bond donors (Lipinski definition) is 1. The molecule has 2 aromatic rings. The van der Waals surface area contributed by atoms with Gasteiger partial charge in [0.2, 0.25) is 5.88 Å². The molecule has 0 unspecified atom stereocenters. The van der Waals surface area contributed by atoms with Crippen molar-refractivity contribution in [3.63, 3.8) is 0 Å². The number of aromatic nitrogens is 3. The van der Waals surface area contributed by atoms with Crippen LogP contribution in [0.25, 0.3) is 0 Å². The van der Waals surface area contributed by atoms with Crippen molar-refractivity contribution in [2.45, 2.75) is 12.7 Å². The van der Waals surface area contributed by atoms with Gasteiger partial charge in [-0.05, 0) is 21.5 Å². The summed E-state index contributed by atoms with van der Waals surface area (Å²) in [7, 11) is 1.53. The van der Waals surface area contributed by atoms with Gasteiger partial charge in [-0.1, -0.05) is 6.07 Å². The van der Waals surface area contributed by atoms with Crippen molar-refractivity contribution in [1.82, 2.24) is 14.8 Å². The molecule has 0 atom stereocenters. The number of halogens is 4. The molecular formula is C13H12BrF3N4O2. The van der Waals surface area contributed by atoms with Crippen LogP contribution in [0.1, 0.15) is 5.56 Å². The first-order valence-corrected chi connectivity index (χ1v) is 7.16. The summed E-state index contributed by atoms with van der Waals surface area (Å²) in [5.74, 6) is -0.109. The number of pyridine rings is 1. The summed E-state index contributed by atoms with van der Waals surface area (Å²) >= 11 is 3.18. The van der Waals surface area contributed by atoms with Crippen LogP contribution in [0.4, 0.5) is 18.9 Å². The lowest BCUT2D eigenvalue weighted by Gasteiger charge is -2.10. The third-order valence-electron chi connectivity index (χ3n) is 2.74. The number of alkyl halides is 3. The summed E-state index contributed by atoms with van der Waals surface area (Å²) in [6, 6.07) is 2.92. The molecule has 0 fully saturated rings. The molecule has 0 aliphatic rings. The first-order valence-electron chi connectivity index (χ1n) is 6.36. The van der Waals surface area contributed by atoms with E-state index in [1.807, 2.05) is 0 Å². The van der Waals surface area contributed by atoms with Gasteiger partial charge in [0.1, 0.15) is 4.47 Å². The van der Waals surface area contributed by atoms with Crippen molar-refractivity contribution in [3.05, 3.63) is 44.9 Å². The van der Waals surface area contributed by atoms with E-state index in [9.17, 15) is 18.0 Å². The van der Waals surface area contributed by atoms with Crippen molar-refractivity contribution >= 4 is 21.6 Å². The van der Waals surface area contributed by atoms with Gasteiger partial charge in [-0.3, -0.25) is 4.79 Å². The molecule has 10 heteroatoms. The predicted octanol–water partition coefficient (Wildman–Crippen LogP) is 2.49. The summed E-state index contributed by atoms with van der Waals surface area (Å²) in [4.78, 5) is 15.5. The van der Waals surface area contributed by atoms with E-state index in [2.05, 4.69) is 36.1 Å². The van der Waals surface area contributed by atoms with Gasteiger partial charge in [0.05, 0.1) is 11.9 Å². The fraction of sp³-hybridized carbons (Fsp3) is 0.308.